The summed E-state index contributed by atoms with van der Waals surface area (Å²) in [6.07, 6.45) is -1.52. The lowest BCUT2D eigenvalue weighted by Gasteiger charge is -2.26. The monoisotopic (exact) mass is 487 g/mol. The lowest BCUT2D eigenvalue weighted by molar-refractivity contribution is -0.144. The molecule has 0 saturated heterocycles. The van der Waals surface area contributed by atoms with Gasteiger partial charge in [0.05, 0.1) is 5.56 Å². The minimum absolute atomic E-state index is 0.188. The molecule has 0 unspecified atom stereocenters. The second-order valence-corrected chi connectivity index (χ2v) is 8.77. The quantitative estimate of drug-likeness (QED) is 0.421. The number of amides is 1. The predicted octanol–water partition coefficient (Wildman–Crippen LogP) is 6.42. The molecule has 1 amide bonds. The minimum Gasteiger partial charge on any atom is -0.487 e. The molecule has 0 heterocycles. The fourth-order valence-corrected chi connectivity index (χ4v) is 4.07. The van der Waals surface area contributed by atoms with E-state index in [-0.39, 0.29) is 6.92 Å². The summed E-state index contributed by atoms with van der Waals surface area (Å²) in [5, 5.41) is 14.3. The highest BCUT2D eigenvalue weighted by molar-refractivity contribution is 6.05. The molecule has 2 N–H and O–H groups in total. The van der Waals surface area contributed by atoms with E-state index in [0.29, 0.717) is 30.8 Å². The van der Waals surface area contributed by atoms with Gasteiger partial charge in [0.2, 0.25) is 0 Å². The molecule has 4 rings (SSSR count). The van der Waals surface area contributed by atoms with E-state index in [4.69, 9.17) is 4.74 Å². The van der Waals surface area contributed by atoms with Crippen molar-refractivity contribution in [2.45, 2.75) is 57.9 Å². The van der Waals surface area contributed by atoms with Crippen molar-refractivity contribution in [1.29, 1.82) is 0 Å². The molecule has 1 aliphatic rings. The standard InChI is InChI=1S/C25H25NO4.C2H3F3/c1-17-8-10-18(11-9-17)16-30-22-20-7-3-2-6-19(20)12-13-21(22)23(27)26-25(24(28)29)14-4-5-15-25;1-2(3,4)5/h2-3,6-13H,4-5,14-16H2,1H3,(H,26,27)(H,28,29);1H3. The van der Waals surface area contributed by atoms with Crippen LogP contribution in [-0.2, 0) is 11.4 Å². The first-order valence-electron chi connectivity index (χ1n) is 11.3. The van der Waals surface area contributed by atoms with Gasteiger partial charge in [-0.2, -0.15) is 13.2 Å². The smallest absolute Gasteiger partial charge is 0.386 e. The van der Waals surface area contributed by atoms with E-state index in [1.807, 2.05) is 61.5 Å². The Balaban J connectivity index is 0.000000623. The van der Waals surface area contributed by atoms with Crippen molar-refractivity contribution in [1.82, 2.24) is 5.32 Å². The van der Waals surface area contributed by atoms with Crippen LogP contribution in [0.1, 0.15) is 54.1 Å². The fourth-order valence-electron chi connectivity index (χ4n) is 4.07. The number of nitrogens with one attached hydrogen (secondary N) is 1. The Morgan fingerprint density at radius 2 is 1.60 bits per heavy atom. The third kappa shape index (κ3) is 6.97. The molecule has 1 saturated carbocycles. The lowest BCUT2D eigenvalue weighted by Crippen LogP contribution is -2.52. The van der Waals surface area contributed by atoms with E-state index < -0.39 is 23.6 Å². The van der Waals surface area contributed by atoms with Crippen LogP contribution in [0.2, 0.25) is 0 Å². The number of hydrogen-bond donors (Lipinski definition) is 2. The van der Waals surface area contributed by atoms with Gasteiger partial charge >= 0.3 is 12.1 Å². The van der Waals surface area contributed by atoms with Crippen molar-refractivity contribution in [3.05, 3.63) is 77.4 Å². The molecule has 8 heteroatoms. The number of benzene rings is 3. The van der Waals surface area contributed by atoms with Crippen LogP contribution in [-0.4, -0.2) is 28.7 Å². The van der Waals surface area contributed by atoms with Gasteiger partial charge in [0.15, 0.2) is 0 Å². The summed E-state index contributed by atoms with van der Waals surface area (Å²) in [5.74, 6) is -0.912. The molecule has 0 atom stereocenters. The maximum absolute atomic E-state index is 13.2. The fraction of sp³-hybridized carbons (Fsp3) is 0.333. The van der Waals surface area contributed by atoms with Gasteiger partial charge in [0.1, 0.15) is 17.9 Å². The lowest BCUT2D eigenvalue weighted by atomic mass is 9.96. The number of carboxylic acids is 1. The second kappa shape index (κ2) is 10.8. The van der Waals surface area contributed by atoms with Gasteiger partial charge in [-0.3, -0.25) is 4.79 Å². The average molecular weight is 488 g/mol. The highest BCUT2D eigenvalue weighted by Crippen LogP contribution is 2.34. The van der Waals surface area contributed by atoms with Crippen molar-refractivity contribution in [2.75, 3.05) is 0 Å². The van der Waals surface area contributed by atoms with Gasteiger partial charge < -0.3 is 15.2 Å². The normalized spacial score (nSPS) is 14.7. The summed E-state index contributed by atoms with van der Waals surface area (Å²) in [6, 6.07) is 19.3. The number of halogens is 3. The Labute approximate surface area is 201 Å². The number of carboxylic acid groups (broad SMARTS) is 1. The highest BCUT2D eigenvalue weighted by Gasteiger charge is 2.43. The molecule has 0 aliphatic heterocycles. The Morgan fingerprint density at radius 1 is 1.00 bits per heavy atom. The summed E-state index contributed by atoms with van der Waals surface area (Å²) < 4.78 is 37.2. The molecule has 0 radical (unpaired) electrons. The molecular formula is C27H28F3NO4. The number of fused-ring (bicyclic) bond motifs is 1. The van der Waals surface area contributed by atoms with Crippen molar-refractivity contribution in [3.63, 3.8) is 0 Å². The molecule has 0 aromatic heterocycles. The number of rotatable bonds is 6. The van der Waals surface area contributed by atoms with Crippen molar-refractivity contribution in [3.8, 4) is 5.75 Å². The summed E-state index contributed by atoms with van der Waals surface area (Å²) in [5.41, 5.74) is 1.32. The van der Waals surface area contributed by atoms with Crippen LogP contribution in [0.5, 0.6) is 5.75 Å². The van der Waals surface area contributed by atoms with Crippen LogP contribution < -0.4 is 10.1 Å². The molecule has 3 aromatic rings. The summed E-state index contributed by atoms with van der Waals surface area (Å²) >= 11 is 0. The minimum atomic E-state index is -4.00. The molecule has 1 fully saturated rings. The molecule has 186 valence electrons. The van der Waals surface area contributed by atoms with E-state index in [9.17, 15) is 27.9 Å². The van der Waals surface area contributed by atoms with Gasteiger partial charge in [-0.25, -0.2) is 4.79 Å². The van der Waals surface area contributed by atoms with Gasteiger partial charge in [-0.05, 0) is 36.8 Å². The topological polar surface area (TPSA) is 75.6 Å². The van der Waals surface area contributed by atoms with E-state index in [0.717, 1.165) is 29.2 Å². The van der Waals surface area contributed by atoms with Crippen LogP contribution in [0.4, 0.5) is 13.2 Å². The van der Waals surface area contributed by atoms with Crippen molar-refractivity contribution >= 4 is 22.6 Å². The largest absolute Gasteiger partial charge is 0.487 e. The molecule has 0 spiro atoms. The zero-order chi connectivity index (χ0) is 25.6. The van der Waals surface area contributed by atoms with Crippen LogP contribution in [0.3, 0.4) is 0 Å². The Bertz CT molecular complexity index is 1180. The first kappa shape index (κ1) is 26.1. The van der Waals surface area contributed by atoms with E-state index >= 15 is 0 Å². The summed E-state index contributed by atoms with van der Waals surface area (Å²) in [4.78, 5) is 25.1. The number of aliphatic carboxylic acids is 1. The first-order chi connectivity index (χ1) is 16.5. The van der Waals surface area contributed by atoms with Crippen LogP contribution in [0.25, 0.3) is 10.8 Å². The number of carbonyl (C=O) groups is 2. The van der Waals surface area contributed by atoms with Crippen molar-refractivity contribution < 1.29 is 32.6 Å². The number of ether oxygens (including phenoxy) is 1. The molecule has 3 aromatic carbocycles. The molecule has 1 aliphatic carbocycles. The zero-order valence-electron chi connectivity index (χ0n) is 19.6. The summed E-state index contributed by atoms with van der Waals surface area (Å²) in [6.45, 7) is 2.53. The third-order valence-electron chi connectivity index (χ3n) is 5.85. The number of aryl methyl sites for hydroxylation is 1. The van der Waals surface area contributed by atoms with Crippen molar-refractivity contribution in [2.24, 2.45) is 0 Å². The third-order valence-corrected chi connectivity index (χ3v) is 5.85. The highest BCUT2D eigenvalue weighted by atomic mass is 19.4. The molecule has 5 nitrogen and oxygen atoms in total. The first-order valence-corrected chi connectivity index (χ1v) is 11.3. The Hall–Kier alpha value is -3.55. The molecular weight excluding hydrogens is 459 g/mol. The van der Waals surface area contributed by atoms with Crippen LogP contribution >= 0.6 is 0 Å². The Kier molecular flexibility index (Phi) is 8.04. The number of hydrogen-bond acceptors (Lipinski definition) is 3. The van der Waals surface area contributed by atoms with Gasteiger partial charge in [0.25, 0.3) is 5.91 Å². The van der Waals surface area contributed by atoms with Gasteiger partial charge in [-0.15, -0.1) is 0 Å². The van der Waals surface area contributed by atoms with Gasteiger partial charge in [-0.1, -0.05) is 73.0 Å². The van der Waals surface area contributed by atoms with Gasteiger partial charge in [0, 0.05) is 12.3 Å². The van der Waals surface area contributed by atoms with Crippen LogP contribution in [0, 0.1) is 6.92 Å². The summed E-state index contributed by atoms with van der Waals surface area (Å²) in [7, 11) is 0. The van der Waals surface area contributed by atoms with E-state index in [1.54, 1.807) is 6.07 Å². The second-order valence-electron chi connectivity index (χ2n) is 8.77. The molecule has 35 heavy (non-hydrogen) atoms. The van der Waals surface area contributed by atoms with E-state index in [2.05, 4.69) is 5.32 Å². The predicted molar refractivity (Wildman–Crippen MR) is 127 cm³/mol. The maximum Gasteiger partial charge on any atom is 0.386 e. The average Bonchev–Trinajstić information content (AvgIpc) is 3.27. The SMILES string of the molecule is CC(F)(F)F.Cc1ccc(COc2c(C(=O)NC3(C(=O)O)CCCC3)ccc3ccccc23)cc1. The van der Waals surface area contributed by atoms with E-state index in [1.165, 1.54) is 5.56 Å². The number of carbonyl (C=O) groups excluding carboxylic acids is 1. The maximum atomic E-state index is 13.2. The van der Waals surface area contributed by atoms with Crippen LogP contribution in [0.15, 0.2) is 60.7 Å². The zero-order valence-corrected chi connectivity index (χ0v) is 19.6. The Morgan fingerprint density at radius 3 is 2.20 bits per heavy atom. The number of alkyl halides is 3. The molecule has 0 bridgehead atoms.